The molecule has 0 heterocycles. The van der Waals surface area contributed by atoms with E-state index in [2.05, 4.69) is 5.32 Å². The van der Waals surface area contributed by atoms with Crippen molar-refractivity contribution in [1.82, 2.24) is 5.32 Å². The van der Waals surface area contributed by atoms with E-state index in [4.69, 9.17) is 4.74 Å². The Labute approximate surface area is 177 Å². The first-order chi connectivity index (χ1) is 14.9. The third-order valence-corrected chi connectivity index (χ3v) is 5.41. The van der Waals surface area contributed by atoms with E-state index in [-0.39, 0.29) is 18.1 Å². The Morgan fingerprint density at radius 2 is 1.48 bits per heavy atom. The van der Waals surface area contributed by atoms with Gasteiger partial charge in [-0.25, -0.2) is 4.79 Å². The summed E-state index contributed by atoms with van der Waals surface area (Å²) in [6.07, 6.45) is -6.91. The van der Waals surface area contributed by atoms with E-state index in [0.29, 0.717) is 0 Å². The van der Waals surface area contributed by atoms with E-state index >= 15 is 0 Å². The van der Waals surface area contributed by atoms with Crippen LogP contribution in [0, 0.1) is 0 Å². The van der Waals surface area contributed by atoms with Gasteiger partial charge in [0.25, 0.3) is 0 Å². The van der Waals surface area contributed by atoms with Crippen molar-refractivity contribution in [3.05, 3.63) is 95.1 Å². The molecule has 1 amide bonds. The van der Waals surface area contributed by atoms with Gasteiger partial charge in [-0.05, 0) is 33.9 Å². The van der Waals surface area contributed by atoms with Crippen molar-refractivity contribution in [2.24, 2.45) is 0 Å². The molecule has 4 rings (SSSR count). The number of hydrogen-bond acceptors (Lipinski definition) is 3. The number of alkyl carbamates (subject to hydrolysis) is 1. The summed E-state index contributed by atoms with van der Waals surface area (Å²) in [6.45, 7) is -0.321. The molecule has 0 radical (unpaired) electrons. The van der Waals surface area contributed by atoms with Gasteiger partial charge in [-0.1, -0.05) is 66.7 Å². The van der Waals surface area contributed by atoms with Crippen LogP contribution in [0.5, 0.6) is 0 Å². The number of rotatable bonds is 5. The Balaban J connectivity index is 1.39. The smallest absolute Gasteiger partial charge is 0.416 e. The fourth-order valence-electron chi connectivity index (χ4n) is 3.99. The highest BCUT2D eigenvalue weighted by Gasteiger charge is 2.35. The molecule has 0 aliphatic heterocycles. The number of benzene rings is 3. The predicted molar refractivity (Wildman–Crippen MR) is 109 cm³/mol. The molecule has 0 bridgehead atoms. The number of hydrogen-bond donors (Lipinski definition) is 2. The second-order valence-electron chi connectivity index (χ2n) is 7.31. The van der Waals surface area contributed by atoms with E-state index in [1.54, 1.807) is 0 Å². The molecule has 3 aromatic carbocycles. The topological polar surface area (TPSA) is 58.6 Å². The lowest BCUT2D eigenvalue weighted by molar-refractivity contribution is -0.139. The standard InChI is InChI=1S/C24H20F3NO3/c25-24(26,27)21-12-6-5-11-19(21)22(29)13-28-23(30)31-14-20-17-9-3-1-7-15(17)16-8-2-4-10-18(16)20/h1-12,20,22,29H,13-14H2,(H,28,30). The maximum atomic E-state index is 13.1. The number of amides is 1. The summed E-state index contributed by atoms with van der Waals surface area (Å²) in [5.41, 5.74) is 3.05. The number of carbonyl (C=O) groups is 1. The number of ether oxygens (including phenoxy) is 1. The molecule has 1 aliphatic rings. The summed E-state index contributed by atoms with van der Waals surface area (Å²) in [6, 6.07) is 20.5. The number of halogens is 3. The average molecular weight is 427 g/mol. The molecule has 2 N–H and O–H groups in total. The molecule has 0 saturated heterocycles. The zero-order valence-electron chi connectivity index (χ0n) is 16.4. The molecule has 1 unspecified atom stereocenters. The van der Waals surface area contributed by atoms with Gasteiger partial charge >= 0.3 is 12.3 Å². The second kappa shape index (κ2) is 8.43. The predicted octanol–water partition coefficient (Wildman–Crippen LogP) is 5.28. The molecule has 4 nitrogen and oxygen atoms in total. The minimum absolute atomic E-state index is 0.0785. The van der Waals surface area contributed by atoms with Crippen LogP contribution in [0.25, 0.3) is 11.1 Å². The number of aliphatic hydroxyl groups is 1. The highest BCUT2D eigenvalue weighted by atomic mass is 19.4. The number of aliphatic hydroxyl groups excluding tert-OH is 1. The minimum Gasteiger partial charge on any atom is -0.449 e. The summed E-state index contributed by atoms with van der Waals surface area (Å²) < 4.78 is 44.7. The Morgan fingerprint density at radius 1 is 0.935 bits per heavy atom. The first-order valence-electron chi connectivity index (χ1n) is 9.79. The van der Waals surface area contributed by atoms with Crippen molar-refractivity contribution in [2.45, 2.75) is 18.2 Å². The Hall–Kier alpha value is -3.32. The van der Waals surface area contributed by atoms with Crippen LogP contribution in [0.1, 0.15) is 34.3 Å². The van der Waals surface area contributed by atoms with E-state index < -0.39 is 30.5 Å². The molecule has 0 spiro atoms. The Bertz CT molecular complexity index is 1050. The van der Waals surface area contributed by atoms with E-state index in [0.717, 1.165) is 28.3 Å². The largest absolute Gasteiger partial charge is 0.449 e. The van der Waals surface area contributed by atoms with Gasteiger partial charge < -0.3 is 15.2 Å². The van der Waals surface area contributed by atoms with Gasteiger partial charge in [0.1, 0.15) is 6.61 Å². The third kappa shape index (κ3) is 4.27. The number of nitrogens with one attached hydrogen (secondary N) is 1. The summed E-state index contributed by atoms with van der Waals surface area (Å²) in [7, 11) is 0. The molecule has 160 valence electrons. The molecule has 1 aliphatic carbocycles. The van der Waals surface area contributed by atoms with Crippen LogP contribution in [0.15, 0.2) is 72.8 Å². The monoisotopic (exact) mass is 427 g/mol. The van der Waals surface area contributed by atoms with Crippen molar-refractivity contribution in [3.8, 4) is 11.1 Å². The average Bonchev–Trinajstić information content (AvgIpc) is 3.09. The van der Waals surface area contributed by atoms with Gasteiger partial charge in [0, 0.05) is 5.92 Å². The lowest BCUT2D eigenvalue weighted by Gasteiger charge is -2.18. The maximum Gasteiger partial charge on any atom is 0.416 e. The van der Waals surface area contributed by atoms with Crippen molar-refractivity contribution in [1.29, 1.82) is 0 Å². The van der Waals surface area contributed by atoms with Crippen LogP contribution in [0.3, 0.4) is 0 Å². The third-order valence-electron chi connectivity index (χ3n) is 5.41. The zero-order chi connectivity index (χ0) is 22.0. The molecular weight excluding hydrogens is 407 g/mol. The van der Waals surface area contributed by atoms with Crippen LogP contribution in [0.2, 0.25) is 0 Å². The van der Waals surface area contributed by atoms with E-state index in [9.17, 15) is 23.1 Å². The maximum absolute atomic E-state index is 13.1. The molecule has 0 saturated carbocycles. The number of alkyl halides is 3. The van der Waals surface area contributed by atoms with Crippen LogP contribution in [0.4, 0.5) is 18.0 Å². The van der Waals surface area contributed by atoms with Crippen molar-refractivity contribution < 1.29 is 27.8 Å². The first kappa shape index (κ1) is 20.9. The lowest BCUT2D eigenvalue weighted by Crippen LogP contribution is -2.30. The van der Waals surface area contributed by atoms with Crippen LogP contribution in [-0.4, -0.2) is 24.4 Å². The van der Waals surface area contributed by atoms with Gasteiger partial charge in [0.05, 0.1) is 18.2 Å². The van der Waals surface area contributed by atoms with Gasteiger partial charge in [0.2, 0.25) is 0 Å². The fraction of sp³-hybridized carbons (Fsp3) is 0.208. The van der Waals surface area contributed by atoms with Crippen molar-refractivity contribution >= 4 is 6.09 Å². The summed E-state index contributed by atoms with van der Waals surface area (Å²) in [4.78, 5) is 12.2. The van der Waals surface area contributed by atoms with E-state index in [1.165, 1.54) is 18.2 Å². The van der Waals surface area contributed by atoms with Gasteiger partial charge in [0.15, 0.2) is 0 Å². The molecule has 7 heteroatoms. The highest BCUT2D eigenvalue weighted by Crippen LogP contribution is 2.44. The number of fused-ring (bicyclic) bond motifs is 3. The Morgan fingerprint density at radius 3 is 2.10 bits per heavy atom. The van der Waals surface area contributed by atoms with Crippen LogP contribution in [-0.2, 0) is 10.9 Å². The van der Waals surface area contributed by atoms with E-state index in [1.807, 2.05) is 48.5 Å². The van der Waals surface area contributed by atoms with Gasteiger partial charge in [-0.2, -0.15) is 13.2 Å². The lowest BCUT2D eigenvalue weighted by atomic mass is 9.98. The molecule has 0 fully saturated rings. The molecular formula is C24H20F3NO3. The quantitative estimate of drug-likeness (QED) is 0.583. The van der Waals surface area contributed by atoms with Crippen LogP contribution < -0.4 is 5.32 Å². The minimum atomic E-state index is -4.60. The highest BCUT2D eigenvalue weighted by molar-refractivity contribution is 5.79. The molecule has 1 atom stereocenters. The SMILES string of the molecule is O=C(NCC(O)c1ccccc1C(F)(F)F)OCC1c2ccccc2-c2ccccc21. The van der Waals surface area contributed by atoms with Crippen molar-refractivity contribution in [2.75, 3.05) is 13.2 Å². The summed E-state index contributed by atoms with van der Waals surface area (Å²) in [5.74, 6) is -0.131. The van der Waals surface area contributed by atoms with Crippen LogP contribution >= 0.6 is 0 Å². The second-order valence-corrected chi connectivity index (χ2v) is 7.31. The first-order valence-corrected chi connectivity index (χ1v) is 9.79. The van der Waals surface area contributed by atoms with Crippen molar-refractivity contribution in [3.63, 3.8) is 0 Å². The molecule has 3 aromatic rings. The van der Waals surface area contributed by atoms with Gasteiger partial charge in [-0.15, -0.1) is 0 Å². The summed E-state index contributed by atoms with van der Waals surface area (Å²) >= 11 is 0. The number of carbonyl (C=O) groups excluding carboxylic acids is 1. The molecule has 31 heavy (non-hydrogen) atoms. The normalized spacial score (nSPS) is 13.9. The fourth-order valence-corrected chi connectivity index (χ4v) is 3.99. The summed E-state index contributed by atoms with van der Waals surface area (Å²) in [5, 5.41) is 12.5. The zero-order valence-corrected chi connectivity index (χ0v) is 16.4. The van der Waals surface area contributed by atoms with Gasteiger partial charge in [-0.3, -0.25) is 0 Å². The molecule has 0 aromatic heterocycles. The Kier molecular flexibility index (Phi) is 5.69.